The fourth-order valence-corrected chi connectivity index (χ4v) is 1.70. The van der Waals surface area contributed by atoms with Crippen molar-refractivity contribution in [2.45, 2.75) is 59.7 Å². The van der Waals surface area contributed by atoms with E-state index in [9.17, 15) is 4.79 Å². The topological polar surface area (TPSA) is 20.3 Å². The normalized spacial score (nSPS) is 14.4. The zero-order chi connectivity index (χ0) is 9.89. The van der Waals surface area contributed by atoms with Gasteiger partial charge in [-0.05, 0) is 41.5 Å². The van der Waals surface area contributed by atoms with Gasteiger partial charge < -0.3 is 0 Å². The van der Waals surface area contributed by atoms with Crippen LogP contribution in [0.3, 0.4) is 0 Å². The lowest BCUT2D eigenvalue weighted by Crippen LogP contribution is -2.46. The highest BCUT2D eigenvalue weighted by molar-refractivity contribution is 5.81. The van der Waals surface area contributed by atoms with Crippen LogP contribution in [0.5, 0.6) is 0 Å². The lowest BCUT2D eigenvalue weighted by Gasteiger charge is -2.34. The van der Waals surface area contributed by atoms with Crippen molar-refractivity contribution in [3.8, 4) is 0 Å². The highest BCUT2D eigenvalue weighted by Crippen LogP contribution is 2.10. The molecule has 0 saturated carbocycles. The van der Waals surface area contributed by atoms with Crippen LogP contribution in [0.4, 0.5) is 0 Å². The summed E-state index contributed by atoms with van der Waals surface area (Å²) in [6, 6.07) is 0.915. The van der Waals surface area contributed by atoms with Gasteiger partial charge in [0.1, 0.15) is 5.78 Å². The zero-order valence-electron chi connectivity index (χ0n) is 9.09. The molecule has 2 nitrogen and oxygen atoms in total. The third kappa shape index (κ3) is 2.94. The predicted octanol–water partition coefficient (Wildman–Crippen LogP) is 2.08. The summed E-state index contributed by atoms with van der Waals surface area (Å²) in [6.45, 7) is 12.1. The molecular formula is C10H21NO. The highest BCUT2D eigenvalue weighted by Gasteiger charge is 2.22. The van der Waals surface area contributed by atoms with E-state index >= 15 is 0 Å². The van der Waals surface area contributed by atoms with Gasteiger partial charge in [0.15, 0.2) is 0 Å². The second-order valence-electron chi connectivity index (χ2n) is 3.92. The number of ketones is 1. The second-order valence-corrected chi connectivity index (χ2v) is 3.92. The number of hydrogen-bond acceptors (Lipinski definition) is 2. The van der Waals surface area contributed by atoms with E-state index in [-0.39, 0.29) is 11.8 Å². The van der Waals surface area contributed by atoms with Crippen LogP contribution in [0.2, 0.25) is 0 Å². The molecule has 12 heavy (non-hydrogen) atoms. The van der Waals surface area contributed by atoms with Crippen LogP contribution in [-0.4, -0.2) is 28.8 Å². The minimum Gasteiger partial charge on any atom is -0.298 e. The van der Waals surface area contributed by atoms with Gasteiger partial charge in [-0.1, -0.05) is 0 Å². The molecule has 0 aromatic rings. The van der Waals surface area contributed by atoms with Crippen molar-refractivity contribution < 1.29 is 4.79 Å². The van der Waals surface area contributed by atoms with Crippen LogP contribution < -0.4 is 0 Å². The van der Waals surface area contributed by atoms with Crippen LogP contribution in [0.15, 0.2) is 0 Å². The molecule has 72 valence electrons. The van der Waals surface area contributed by atoms with Gasteiger partial charge in [0.05, 0.1) is 6.04 Å². The Morgan fingerprint density at radius 2 is 1.33 bits per heavy atom. The molecule has 1 atom stereocenters. The summed E-state index contributed by atoms with van der Waals surface area (Å²) in [5.74, 6) is 0.248. The summed E-state index contributed by atoms with van der Waals surface area (Å²) >= 11 is 0. The van der Waals surface area contributed by atoms with E-state index in [0.717, 1.165) is 0 Å². The Morgan fingerprint density at radius 3 is 1.42 bits per heavy atom. The van der Waals surface area contributed by atoms with Crippen molar-refractivity contribution in [2.24, 2.45) is 0 Å². The molecule has 0 aliphatic rings. The summed E-state index contributed by atoms with van der Waals surface area (Å²) in [5.41, 5.74) is 0. The van der Waals surface area contributed by atoms with Crippen LogP contribution >= 0.6 is 0 Å². The Labute approximate surface area is 75.9 Å². The Bertz CT molecular complexity index is 144. The summed E-state index contributed by atoms with van der Waals surface area (Å²) in [7, 11) is 0. The number of Topliss-reactive ketones (excluding diaryl/α,β-unsaturated/α-hetero) is 1. The van der Waals surface area contributed by atoms with Crippen LogP contribution in [-0.2, 0) is 4.79 Å². The first-order chi connectivity index (χ1) is 5.37. The van der Waals surface area contributed by atoms with E-state index in [2.05, 4.69) is 32.6 Å². The lowest BCUT2D eigenvalue weighted by atomic mass is 10.1. The standard InChI is InChI=1S/C10H21NO/c1-7(2)11(8(3)4)9(5)10(6)12/h7-9H,1-6H3. The van der Waals surface area contributed by atoms with E-state index in [1.54, 1.807) is 6.92 Å². The maximum absolute atomic E-state index is 11.2. The molecule has 0 aliphatic carbocycles. The quantitative estimate of drug-likeness (QED) is 0.645. The Morgan fingerprint density at radius 1 is 1.00 bits per heavy atom. The van der Waals surface area contributed by atoms with Crippen molar-refractivity contribution in [1.82, 2.24) is 4.90 Å². The Hall–Kier alpha value is -0.370. The molecule has 0 heterocycles. The van der Waals surface area contributed by atoms with Gasteiger partial charge in [-0.25, -0.2) is 0 Å². The molecule has 1 unspecified atom stereocenters. The zero-order valence-corrected chi connectivity index (χ0v) is 9.09. The molecule has 0 aromatic carbocycles. The maximum atomic E-state index is 11.2. The molecule has 0 rings (SSSR count). The van der Waals surface area contributed by atoms with Gasteiger partial charge >= 0.3 is 0 Å². The van der Waals surface area contributed by atoms with Gasteiger partial charge in [-0.3, -0.25) is 9.69 Å². The second kappa shape index (κ2) is 4.61. The minimum absolute atomic E-state index is 0.0463. The smallest absolute Gasteiger partial charge is 0.146 e. The van der Waals surface area contributed by atoms with E-state index in [4.69, 9.17) is 0 Å². The molecule has 0 aliphatic heterocycles. The number of carbonyl (C=O) groups excluding carboxylic acids is 1. The molecule has 0 amide bonds. The monoisotopic (exact) mass is 171 g/mol. The highest BCUT2D eigenvalue weighted by atomic mass is 16.1. The van der Waals surface area contributed by atoms with Crippen molar-refractivity contribution in [3.05, 3.63) is 0 Å². The Kier molecular flexibility index (Phi) is 4.46. The first kappa shape index (κ1) is 11.6. The van der Waals surface area contributed by atoms with Crippen molar-refractivity contribution in [3.63, 3.8) is 0 Å². The molecule has 0 fully saturated rings. The Balaban J connectivity index is 4.40. The van der Waals surface area contributed by atoms with Crippen LogP contribution in [0.1, 0.15) is 41.5 Å². The van der Waals surface area contributed by atoms with Crippen LogP contribution in [0, 0.1) is 0 Å². The molecule has 0 spiro atoms. The predicted molar refractivity (Wildman–Crippen MR) is 52.3 cm³/mol. The third-order valence-electron chi connectivity index (χ3n) is 2.23. The lowest BCUT2D eigenvalue weighted by molar-refractivity contribution is -0.123. The number of hydrogen-bond donors (Lipinski definition) is 0. The van der Waals surface area contributed by atoms with E-state index < -0.39 is 0 Å². The number of rotatable bonds is 4. The van der Waals surface area contributed by atoms with Gasteiger partial charge in [0.2, 0.25) is 0 Å². The summed E-state index contributed by atoms with van der Waals surface area (Å²) < 4.78 is 0. The first-order valence-corrected chi connectivity index (χ1v) is 4.65. The van der Waals surface area contributed by atoms with E-state index in [0.29, 0.717) is 12.1 Å². The van der Waals surface area contributed by atoms with E-state index in [1.807, 2.05) is 6.92 Å². The largest absolute Gasteiger partial charge is 0.298 e. The van der Waals surface area contributed by atoms with Crippen LogP contribution in [0.25, 0.3) is 0 Å². The number of nitrogens with zero attached hydrogens (tertiary/aromatic N) is 1. The minimum atomic E-state index is 0.0463. The molecule has 0 saturated heterocycles. The van der Waals surface area contributed by atoms with Gasteiger partial charge in [-0.15, -0.1) is 0 Å². The first-order valence-electron chi connectivity index (χ1n) is 4.65. The summed E-state index contributed by atoms with van der Waals surface area (Å²) in [4.78, 5) is 13.4. The summed E-state index contributed by atoms with van der Waals surface area (Å²) in [6.07, 6.45) is 0. The fraction of sp³-hybridized carbons (Fsp3) is 0.900. The SMILES string of the molecule is CC(=O)C(C)N(C(C)C)C(C)C. The van der Waals surface area contributed by atoms with E-state index in [1.165, 1.54) is 0 Å². The van der Waals surface area contributed by atoms with Gasteiger partial charge in [0.25, 0.3) is 0 Å². The summed E-state index contributed by atoms with van der Waals surface area (Å²) in [5, 5.41) is 0. The van der Waals surface area contributed by atoms with Gasteiger partial charge in [-0.2, -0.15) is 0 Å². The van der Waals surface area contributed by atoms with Crippen molar-refractivity contribution in [1.29, 1.82) is 0 Å². The molecule has 0 bridgehead atoms. The molecule has 0 aromatic heterocycles. The average molecular weight is 171 g/mol. The van der Waals surface area contributed by atoms with Crippen molar-refractivity contribution in [2.75, 3.05) is 0 Å². The average Bonchev–Trinajstić information content (AvgIpc) is 1.85. The molecule has 0 radical (unpaired) electrons. The fourth-order valence-electron chi connectivity index (χ4n) is 1.70. The maximum Gasteiger partial charge on any atom is 0.146 e. The molecule has 2 heteroatoms. The number of carbonyl (C=O) groups is 1. The van der Waals surface area contributed by atoms with Gasteiger partial charge in [0, 0.05) is 12.1 Å². The third-order valence-corrected chi connectivity index (χ3v) is 2.23. The molecular weight excluding hydrogens is 150 g/mol. The van der Waals surface area contributed by atoms with Crippen molar-refractivity contribution >= 4 is 5.78 Å². The molecule has 0 N–H and O–H groups in total.